The van der Waals surface area contributed by atoms with Gasteiger partial charge in [0.1, 0.15) is 0 Å². The van der Waals surface area contributed by atoms with Crippen LogP contribution < -0.4 is 10.6 Å². The fourth-order valence-corrected chi connectivity index (χ4v) is 4.50. The summed E-state index contributed by atoms with van der Waals surface area (Å²) in [6.45, 7) is 9.09. The number of thioether (sulfide) groups is 1. The minimum Gasteiger partial charge on any atom is -0.357 e. The second-order valence-corrected chi connectivity index (χ2v) is 9.78. The molecule has 4 unspecified atom stereocenters. The zero-order chi connectivity index (χ0) is 19.6. The molecule has 1 saturated heterocycles. The van der Waals surface area contributed by atoms with Crippen LogP contribution in [-0.2, 0) is 9.59 Å². The number of rotatable bonds is 8. The highest BCUT2D eigenvalue weighted by Gasteiger charge is 2.58. The third-order valence-corrected chi connectivity index (χ3v) is 7.16. The molecule has 2 fully saturated rings. The molecule has 7 heteroatoms. The van der Waals surface area contributed by atoms with E-state index in [0.717, 1.165) is 31.9 Å². The number of allylic oxidation sites excluding steroid dienone is 2. The molecule has 2 aliphatic carbocycles. The quantitative estimate of drug-likeness (QED) is 0.217. The van der Waals surface area contributed by atoms with Gasteiger partial charge >= 0.3 is 0 Å². The van der Waals surface area contributed by atoms with Crippen LogP contribution in [0.2, 0.25) is 0 Å². The molecule has 4 atom stereocenters. The van der Waals surface area contributed by atoms with Gasteiger partial charge in [-0.25, -0.2) is 0 Å². The van der Waals surface area contributed by atoms with Gasteiger partial charge in [0.2, 0.25) is 11.8 Å². The average molecular weight is 393 g/mol. The van der Waals surface area contributed by atoms with E-state index in [-0.39, 0.29) is 40.2 Å². The van der Waals surface area contributed by atoms with E-state index < -0.39 is 0 Å². The zero-order valence-corrected chi connectivity index (χ0v) is 17.6. The summed E-state index contributed by atoms with van der Waals surface area (Å²) in [6, 6.07) is 0. The molecule has 150 valence electrons. The number of aliphatic imine (C=N–C) groups is 1. The number of likely N-dealkylation sites (tertiary alicyclic amines) is 1. The Bertz CT molecular complexity index is 616. The second kappa shape index (κ2) is 8.25. The Morgan fingerprint density at radius 3 is 2.41 bits per heavy atom. The van der Waals surface area contributed by atoms with Crippen molar-refractivity contribution in [1.82, 2.24) is 15.5 Å². The third kappa shape index (κ3) is 4.18. The van der Waals surface area contributed by atoms with E-state index >= 15 is 0 Å². The van der Waals surface area contributed by atoms with Crippen LogP contribution in [-0.4, -0.2) is 59.9 Å². The fraction of sp³-hybridized carbons (Fsp3) is 0.750. The number of amides is 2. The molecule has 1 heterocycles. The van der Waals surface area contributed by atoms with Crippen molar-refractivity contribution in [2.45, 2.75) is 38.4 Å². The van der Waals surface area contributed by atoms with Gasteiger partial charge in [0.25, 0.3) is 0 Å². The number of hydrogen-bond acceptors (Lipinski definition) is 4. The van der Waals surface area contributed by atoms with Crippen molar-refractivity contribution in [3.05, 3.63) is 12.2 Å². The first-order valence-corrected chi connectivity index (χ1v) is 11.2. The van der Waals surface area contributed by atoms with Gasteiger partial charge in [0.05, 0.1) is 18.4 Å². The average Bonchev–Trinajstić information content (AvgIpc) is 3.32. The molecule has 1 saturated carbocycles. The Morgan fingerprint density at radius 1 is 1.22 bits per heavy atom. The molecule has 0 aromatic carbocycles. The molecule has 0 aromatic rings. The Kier molecular flexibility index (Phi) is 6.18. The summed E-state index contributed by atoms with van der Waals surface area (Å²) in [5.41, 5.74) is 0. The van der Waals surface area contributed by atoms with Crippen molar-refractivity contribution >= 4 is 29.5 Å². The highest BCUT2D eigenvalue weighted by molar-refractivity contribution is 7.99. The third-order valence-electron chi connectivity index (χ3n) is 5.93. The smallest absolute Gasteiger partial charge is 0.233 e. The SMILES string of the molecule is CCNC(=NCC(C)(C)SC)NCCCN1C(=O)C2C3C=CC(C3)C2C1=O. The lowest BCUT2D eigenvalue weighted by atomic mass is 9.85. The molecular formula is C20H32N4O2S. The lowest BCUT2D eigenvalue weighted by molar-refractivity contribution is -0.140. The summed E-state index contributed by atoms with van der Waals surface area (Å²) in [5, 5.41) is 6.57. The number of nitrogens with zero attached hydrogens (tertiary/aromatic N) is 2. The van der Waals surface area contributed by atoms with Crippen molar-refractivity contribution in [1.29, 1.82) is 0 Å². The van der Waals surface area contributed by atoms with Crippen LogP contribution in [0.1, 0.15) is 33.6 Å². The van der Waals surface area contributed by atoms with Gasteiger partial charge in [-0.05, 0) is 51.7 Å². The summed E-state index contributed by atoms with van der Waals surface area (Å²) in [6.07, 6.45) is 8.08. The summed E-state index contributed by atoms with van der Waals surface area (Å²) in [5.74, 6) is 1.27. The number of hydrogen-bond donors (Lipinski definition) is 2. The maximum atomic E-state index is 12.7. The lowest BCUT2D eigenvalue weighted by Crippen LogP contribution is -2.40. The molecule has 27 heavy (non-hydrogen) atoms. The minimum absolute atomic E-state index is 0.0455. The van der Waals surface area contributed by atoms with E-state index in [2.05, 4.69) is 47.9 Å². The second-order valence-electron chi connectivity index (χ2n) is 8.27. The largest absolute Gasteiger partial charge is 0.357 e. The van der Waals surface area contributed by atoms with E-state index in [1.165, 1.54) is 4.90 Å². The van der Waals surface area contributed by atoms with Crippen molar-refractivity contribution in [2.75, 3.05) is 32.4 Å². The summed E-state index contributed by atoms with van der Waals surface area (Å²) in [7, 11) is 0. The normalized spacial score (nSPS) is 29.6. The molecule has 3 rings (SSSR count). The number of fused-ring (bicyclic) bond motifs is 5. The van der Waals surface area contributed by atoms with E-state index in [1.54, 1.807) is 11.8 Å². The maximum Gasteiger partial charge on any atom is 0.233 e. The van der Waals surface area contributed by atoms with Crippen molar-refractivity contribution in [2.24, 2.45) is 28.7 Å². The maximum absolute atomic E-state index is 12.7. The van der Waals surface area contributed by atoms with Gasteiger partial charge in [-0.2, -0.15) is 11.8 Å². The van der Waals surface area contributed by atoms with Crippen LogP contribution in [0.3, 0.4) is 0 Å². The minimum atomic E-state index is -0.0897. The van der Waals surface area contributed by atoms with Crippen LogP contribution in [0.15, 0.2) is 17.1 Å². The van der Waals surface area contributed by atoms with Crippen LogP contribution in [0.25, 0.3) is 0 Å². The molecule has 6 nitrogen and oxygen atoms in total. The molecular weight excluding hydrogens is 360 g/mol. The number of carbonyl (C=O) groups excluding carboxylic acids is 2. The Labute approximate surface area is 166 Å². The van der Waals surface area contributed by atoms with Crippen LogP contribution in [0, 0.1) is 23.7 Å². The topological polar surface area (TPSA) is 73.8 Å². The van der Waals surface area contributed by atoms with Crippen LogP contribution >= 0.6 is 11.8 Å². The Balaban J connectivity index is 1.47. The number of imide groups is 1. The molecule has 0 aromatic heterocycles. The zero-order valence-electron chi connectivity index (χ0n) is 16.8. The lowest BCUT2D eigenvalue weighted by Gasteiger charge is -2.21. The molecule has 1 aliphatic heterocycles. The number of carbonyl (C=O) groups is 2. The van der Waals surface area contributed by atoms with Crippen molar-refractivity contribution in [3.63, 3.8) is 0 Å². The molecule has 2 amide bonds. The first kappa shape index (κ1) is 20.2. The molecule has 2 N–H and O–H groups in total. The van der Waals surface area contributed by atoms with E-state index in [4.69, 9.17) is 0 Å². The number of guanidine groups is 1. The van der Waals surface area contributed by atoms with E-state index in [9.17, 15) is 9.59 Å². The van der Waals surface area contributed by atoms with Crippen molar-refractivity contribution in [3.8, 4) is 0 Å². The van der Waals surface area contributed by atoms with Gasteiger partial charge in [0, 0.05) is 24.4 Å². The first-order chi connectivity index (χ1) is 12.9. The predicted molar refractivity (Wildman–Crippen MR) is 111 cm³/mol. The highest BCUT2D eigenvalue weighted by Crippen LogP contribution is 2.52. The summed E-state index contributed by atoms with van der Waals surface area (Å²) >= 11 is 1.80. The van der Waals surface area contributed by atoms with Crippen molar-refractivity contribution < 1.29 is 9.59 Å². The van der Waals surface area contributed by atoms with Gasteiger partial charge < -0.3 is 10.6 Å². The Morgan fingerprint density at radius 2 is 1.85 bits per heavy atom. The monoisotopic (exact) mass is 392 g/mol. The summed E-state index contributed by atoms with van der Waals surface area (Å²) < 4.78 is 0.0991. The highest BCUT2D eigenvalue weighted by atomic mass is 32.2. The molecule has 0 spiro atoms. The molecule has 0 radical (unpaired) electrons. The predicted octanol–water partition coefficient (Wildman–Crippen LogP) is 1.88. The van der Waals surface area contributed by atoms with Crippen LogP contribution in [0.5, 0.6) is 0 Å². The van der Waals surface area contributed by atoms with Crippen LogP contribution in [0.4, 0.5) is 0 Å². The van der Waals surface area contributed by atoms with E-state index in [0.29, 0.717) is 13.1 Å². The standard InChI is InChI=1S/C20H32N4O2S/c1-5-21-19(23-12-20(2,3)27-4)22-9-6-10-24-17(25)15-13-7-8-14(11-13)16(15)18(24)26/h7-8,13-16H,5-6,9-12H2,1-4H3,(H2,21,22,23). The van der Waals surface area contributed by atoms with Gasteiger partial charge in [-0.15, -0.1) is 0 Å². The number of nitrogens with one attached hydrogen (secondary N) is 2. The fourth-order valence-electron chi connectivity index (χ4n) is 4.30. The van der Waals surface area contributed by atoms with Gasteiger partial charge in [0.15, 0.2) is 5.96 Å². The first-order valence-electron chi connectivity index (χ1n) is 9.99. The summed E-state index contributed by atoms with van der Waals surface area (Å²) in [4.78, 5) is 31.5. The van der Waals surface area contributed by atoms with Gasteiger partial charge in [-0.3, -0.25) is 19.5 Å². The van der Waals surface area contributed by atoms with Gasteiger partial charge in [-0.1, -0.05) is 12.2 Å². The molecule has 2 bridgehead atoms. The van der Waals surface area contributed by atoms with E-state index in [1.807, 2.05) is 6.92 Å². The molecule has 3 aliphatic rings. The Hall–Kier alpha value is -1.50.